The molecule has 2 aliphatic carbocycles. The summed E-state index contributed by atoms with van der Waals surface area (Å²) >= 11 is 16.2. The van der Waals surface area contributed by atoms with E-state index in [0.717, 1.165) is 15.1 Å². The molecular formula is C41H34BrCl2N3O7. The third kappa shape index (κ3) is 5.50. The van der Waals surface area contributed by atoms with Crippen LogP contribution in [-0.4, -0.2) is 47.5 Å². The predicted octanol–water partition coefficient (Wildman–Crippen LogP) is 8.06. The van der Waals surface area contributed by atoms with Crippen LogP contribution in [-0.2, 0) is 24.6 Å². The highest BCUT2D eigenvalue weighted by Crippen LogP contribution is 2.64. The normalized spacial score (nSPS) is 25.9. The molecule has 276 valence electrons. The van der Waals surface area contributed by atoms with Crippen molar-refractivity contribution in [1.29, 1.82) is 0 Å². The Hall–Kier alpha value is -4.84. The quantitative estimate of drug-likeness (QED) is 0.135. The Labute approximate surface area is 329 Å². The maximum Gasteiger partial charge on any atom is 0.260 e. The van der Waals surface area contributed by atoms with Crippen LogP contribution < -0.4 is 19.8 Å². The van der Waals surface area contributed by atoms with Gasteiger partial charge in [0, 0.05) is 15.4 Å². The van der Waals surface area contributed by atoms with Crippen LogP contribution in [0.1, 0.15) is 36.8 Å². The van der Waals surface area contributed by atoms with Crippen LogP contribution in [0, 0.1) is 23.7 Å². The van der Waals surface area contributed by atoms with Crippen LogP contribution in [0.5, 0.6) is 17.2 Å². The van der Waals surface area contributed by atoms with Gasteiger partial charge in [-0.3, -0.25) is 29.5 Å². The van der Waals surface area contributed by atoms with Crippen molar-refractivity contribution in [2.75, 3.05) is 24.0 Å². The summed E-state index contributed by atoms with van der Waals surface area (Å²) in [5.41, 5.74) is 4.13. The number of nitrogens with zero attached hydrogens (tertiary/aromatic N) is 2. The molecule has 0 bridgehead atoms. The molecule has 0 unspecified atom stereocenters. The highest BCUT2D eigenvalue weighted by Gasteiger charge is 2.70. The SMILES string of the molecule is CCOc1cc([C@H]2C3=CC[C@@H]4C(=O)N(c5ccc(Br)cc5)C(=O)[C@@H]4[C@@H]3C[C@H]3C(=O)N(Nc4ccc(Cl)cc4Cl)C(=O)[C@@]23c2ccc(OC)cc2)ccc1O. The second-order valence-corrected chi connectivity index (χ2v) is 15.6. The first-order chi connectivity index (χ1) is 26.0. The number of hydrogen-bond acceptors (Lipinski definition) is 8. The maximum atomic E-state index is 15.5. The largest absolute Gasteiger partial charge is 0.504 e. The molecule has 10 nitrogen and oxygen atoms in total. The molecule has 13 heteroatoms. The predicted molar refractivity (Wildman–Crippen MR) is 207 cm³/mol. The fourth-order valence-corrected chi connectivity index (χ4v) is 9.76. The van der Waals surface area contributed by atoms with E-state index >= 15 is 4.79 Å². The van der Waals surface area contributed by atoms with Gasteiger partial charge in [0.15, 0.2) is 11.5 Å². The number of fused-ring (bicyclic) bond motifs is 4. The Morgan fingerprint density at radius 2 is 1.65 bits per heavy atom. The van der Waals surface area contributed by atoms with Crippen molar-refractivity contribution < 1.29 is 33.8 Å². The minimum Gasteiger partial charge on any atom is -0.504 e. The van der Waals surface area contributed by atoms with Gasteiger partial charge in [-0.05, 0) is 104 Å². The molecule has 4 amide bonds. The van der Waals surface area contributed by atoms with Crippen molar-refractivity contribution in [1.82, 2.24) is 5.01 Å². The van der Waals surface area contributed by atoms with E-state index < -0.39 is 46.8 Å². The number of halogens is 3. The second kappa shape index (κ2) is 13.8. The van der Waals surface area contributed by atoms with Gasteiger partial charge in [0.05, 0.1) is 53.3 Å². The van der Waals surface area contributed by atoms with Gasteiger partial charge in [-0.15, -0.1) is 0 Å². The Morgan fingerprint density at radius 3 is 2.33 bits per heavy atom. The Kier molecular flexibility index (Phi) is 9.23. The van der Waals surface area contributed by atoms with Crippen LogP contribution in [0.3, 0.4) is 0 Å². The van der Waals surface area contributed by atoms with E-state index in [-0.39, 0.29) is 47.8 Å². The Bertz CT molecular complexity index is 2250. The average molecular weight is 832 g/mol. The Balaban J connectivity index is 1.34. The zero-order valence-electron chi connectivity index (χ0n) is 29.1. The summed E-state index contributed by atoms with van der Waals surface area (Å²) in [5, 5.41) is 12.4. The lowest BCUT2D eigenvalue weighted by molar-refractivity contribution is -0.138. The molecular weight excluding hydrogens is 797 g/mol. The molecule has 1 saturated carbocycles. The van der Waals surface area contributed by atoms with Crippen molar-refractivity contribution in [2.24, 2.45) is 23.7 Å². The lowest BCUT2D eigenvalue weighted by Crippen LogP contribution is -2.53. The van der Waals surface area contributed by atoms with E-state index in [1.54, 1.807) is 86.8 Å². The van der Waals surface area contributed by atoms with Crippen molar-refractivity contribution in [3.63, 3.8) is 0 Å². The van der Waals surface area contributed by atoms with Crippen molar-refractivity contribution >= 4 is 74.1 Å². The van der Waals surface area contributed by atoms with Gasteiger partial charge >= 0.3 is 0 Å². The lowest BCUT2D eigenvalue weighted by atomic mass is 9.49. The van der Waals surface area contributed by atoms with E-state index in [9.17, 15) is 19.5 Å². The van der Waals surface area contributed by atoms with Gasteiger partial charge in [-0.25, -0.2) is 0 Å². The minimum absolute atomic E-state index is 0.0862. The number of amides is 4. The molecule has 4 aromatic carbocycles. The monoisotopic (exact) mass is 829 g/mol. The number of hydrogen-bond donors (Lipinski definition) is 2. The van der Waals surface area contributed by atoms with E-state index in [1.807, 2.05) is 6.08 Å². The Morgan fingerprint density at radius 1 is 0.907 bits per heavy atom. The molecule has 2 aliphatic heterocycles. The van der Waals surface area contributed by atoms with Gasteiger partial charge in [-0.1, -0.05) is 69.0 Å². The molecule has 6 atom stereocenters. The summed E-state index contributed by atoms with van der Waals surface area (Å²) in [7, 11) is 1.54. The molecule has 2 heterocycles. The minimum atomic E-state index is -1.55. The number of methoxy groups -OCH3 is 1. The van der Waals surface area contributed by atoms with Crippen molar-refractivity contribution in [3.05, 3.63) is 122 Å². The maximum absolute atomic E-state index is 15.5. The van der Waals surface area contributed by atoms with Gasteiger partial charge in [0.2, 0.25) is 11.8 Å². The van der Waals surface area contributed by atoms with E-state index in [1.165, 1.54) is 17.0 Å². The number of hydrazine groups is 1. The number of ether oxygens (including phenoxy) is 2. The van der Waals surface area contributed by atoms with Gasteiger partial charge in [0.25, 0.3) is 11.8 Å². The first kappa shape index (κ1) is 36.2. The first-order valence-electron chi connectivity index (χ1n) is 17.5. The van der Waals surface area contributed by atoms with Crippen LogP contribution in [0.25, 0.3) is 0 Å². The summed E-state index contributed by atoms with van der Waals surface area (Å²) in [4.78, 5) is 60.3. The summed E-state index contributed by atoms with van der Waals surface area (Å²) < 4.78 is 12.1. The van der Waals surface area contributed by atoms with Gasteiger partial charge in [-0.2, -0.15) is 5.01 Å². The number of rotatable bonds is 8. The third-order valence-corrected chi connectivity index (χ3v) is 12.4. The first-order valence-corrected chi connectivity index (χ1v) is 19.1. The van der Waals surface area contributed by atoms with Crippen molar-refractivity contribution in [2.45, 2.75) is 31.1 Å². The number of carbonyl (C=O) groups excluding carboxylic acids is 4. The number of phenols is 1. The van der Waals surface area contributed by atoms with Gasteiger partial charge < -0.3 is 14.6 Å². The van der Waals surface area contributed by atoms with E-state index in [4.69, 9.17) is 32.7 Å². The highest BCUT2D eigenvalue weighted by molar-refractivity contribution is 9.10. The van der Waals surface area contributed by atoms with E-state index in [2.05, 4.69) is 21.4 Å². The number of imide groups is 2. The summed E-state index contributed by atoms with van der Waals surface area (Å²) in [6.45, 7) is 2.06. The third-order valence-electron chi connectivity index (χ3n) is 11.3. The number of phenolic OH excluding ortho intramolecular Hbond substituents is 1. The fourth-order valence-electron chi connectivity index (χ4n) is 9.04. The molecule has 4 aromatic rings. The molecule has 54 heavy (non-hydrogen) atoms. The number of carbonyl (C=O) groups is 4. The second-order valence-electron chi connectivity index (χ2n) is 13.9. The zero-order valence-corrected chi connectivity index (χ0v) is 32.2. The summed E-state index contributed by atoms with van der Waals surface area (Å²) in [6.07, 6.45) is 2.34. The zero-order chi connectivity index (χ0) is 38.1. The van der Waals surface area contributed by atoms with Gasteiger partial charge in [0.1, 0.15) is 5.75 Å². The van der Waals surface area contributed by atoms with E-state index in [0.29, 0.717) is 33.3 Å². The number of nitrogens with one attached hydrogen (secondary N) is 1. The van der Waals surface area contributed by atoms with Crippen LogP contribution in [0.4, 0.5) is 11.4 Å². The standard InChI is InChI=1S/C41H34BrCl2N3O7/c1-3-54-34-18-21(4-17-33(34)48)36-27-14-15-28-35(39(51)46(37(28)49)25-10-7-23(42)8-11-25)29(27)20-30-38(50)47(45-32-16-9-24(43)19-31(32)44)40(52)41(30,36)22-5-12-26(53-2)13-6-22/h4-14,16-19,28-30,35-36,45,48H,3,15,20H2,1-2H3/t28-,29+,30-,35-,36-,41+/m0/s1. The van der Waals surface area contributed by atoms with Crippen molar-refractivity contribution in [3.8, 4) is 17.2 Å². The smallest absolute Gasteiger partial charge is 0.260 e. The number of allylic oxidation sites excluding steroid dienone is 2. The summed E-state index contributed by atoms with van der Waals surface area (Å²) in [6, 6.07) is 23.7. The summed E-state index contributed by atoms with van der Waals surface area (Å²) in [5.74, 6) is -4.87. The van der Waals surface area contributed by atoms with Crippen LogP contribution in [0.15, 0.2) is 101 Å². The molecule has 0 spiro atoms. The number of anilines is 2. The number of aromatic hydroxyl groups is 1. The van der Waals surface area contributed by atoms with Crippen LogP contribution in [0.2, 0.25) is 10.0 Å². The molecule has 2 N–H and O–H groups in total. The molecule has 4 aliphatic rings. The highest BCUT2D eigenvalue weighted by atomic mass is 79.9. The average Bonchev–Trinajstić information content (AvgIpc) is 3.54. The van der Waals surface area contributed by atoms with Crippen LogP contribution >= 0.6 is 39.1 Å². The number of benzene rings is 4. The fraction of sp³-hybridized carbons (Fsp3) is 0.268. The molecule has 0 aromatic heterocycles. The molecule has 0 radical (unpaired) electrons. The lowest BCUT2D eigenvalue weighted by Gasteiger charge is -2.50. The molecule has 8 rings (SSSR count). The molecule has 2 saturated heterocycles. The molecule has 3 fully saturated rings. The topological polar surface area (TPSA) is 125 Å².